The van der Waals surface area contributed by atoms with E-state index < -0.39 is 0 Å². The number of hydrogen-bond donors (Lipinski definition) is 1. The Kier molecular flexibility index (Phi) is 4.55. The molecule has 0 spiro atoms. The summed E-state index contributed by atoms with van der Waals surface area (Å²) in [7, 11) is 0. The van der Waals surface area contributed by atoms with Gasteiger partial charge in [0.2, 0.25) is 0 Å². The van der Waals surface area contributed by atoms with E-state index in [1.165, 1.54) is 5.57 Å². The van der Waals surface area contributed by atoms with E-state index in [-0.39, 0.29) is 11.5 Å². The minimum atomic E-state index is -0.273. The molecule has 0 saturated carbocycles. The van der Waals surface area contributed by atoms with Crippen LogP contribution in [0, 0.1) is 5.41 Å². The van der Waals surface area contributed by atoms with Crippen LogP contribution in [0.4, 0.5) is 0 Å². The van der Waals surface area contributed by atoms with Crippen molar-refractivity contribution in [1.82, 2.24) is 0 Å². The van der Waals surface area contributed by atoms with Gasteiger partial charge in [-0.1, -0.05) is 24.6 Å². The number of aliphatic hydroxyl groups excluding tert-OH is 1. The molecule has 86 valence electrons. The van der Waals surface area contributed by atoms with Crippen LogP contribution in [-0.2, 0) is 4.74 Å². The van der Waals surface area contributed by atoms with Gasteiger partial charge in [0, 0.05) is 5.41 Å². The molecule has 0 aromatic heterocycles. The molecule has 1 rings (SSSR count). The molecule has 1 N–H and O–H groups in total. The Balaban J connectivity index is 2.31. The summed E-state index contributed by atoms with van der Waals surface area (Å²) >= 11 is 0. The maximum absolute atomic E-state index is 9.96. The highest BCUT2D eigenvalue weighted by Gasteiger charge is 2.39. The summed E-state index contributed by atoms with van der Waals surface area (Å²) in [6.45, 7) is 9.26. The van der Waals surface area contributed by atoms with Gasteiger partial charge >= 0.3 is 0 Å². The molecule has 1 saturated heterocycles. The van der Waals surface area contributed by atoms with Crippen molar-refractivity contribution in [3.63, 3.8) is 0 Å². The molecule has 1 aliphatic heterocycles. The van der Waals surface area contributed by atoms with Crippen LogP contribution >= 0.6 is 0 Å². The van der Waals surface area contributed by atoms with Crippen molar-refractivity contribution in [2.75, 3.05) is 13.2 Å². The Hall–Kier alpha value is -0.600. The second-order valence-corrected chi connectivity index (χ2v) is 4.78. The van der Waals surface area contributed by atoms with E-state index in [2.05, 4.69) is 26.5 Å². The van der Waals surface area contributed by atoms with Gasteiger partial charge in [-0.15, -0.1) is 6.58 Å². The molecule has 0 amide bonds. The Morgan fingerprint density at radius 1 is 1.60 bits per heavy atom. The van der Waals surface area contributed by atoms with Gasteiger partial charge < -0.3 is 9.84 Å². The zero-order valence-electron chi connectivity index (χ0n) is 9.83. The van der Waals surface area contributed by atoms with E-state index in [1.807, 2.05) is 6.08 Å². The Labute approximate surface area is 92.6 Å². The second-order valence-electron chi connectivity index (χ2n) is 4.78. The molecular weight excluding hydrogens is 188 g/mol. The maximum atomic E-state index is 9.96. The van der Waals surface area contributed by atoms with Crippen LogP contribution in [0.3, 0.4) is 0 Å². The normalized spacial score (nSPS) is 21.9. The predicted octanol–water partition coefficient (Wildman–Crippen LogP) is 2.69. The second kappa shape index (κ2) is 5.47. The molecule has 1 heterocycles. The molecule has 0 bridgehead atoms. The summed E-state index contributed by atoms with van der Waals surface area (Å²) in [5, 5.41) is 9.96. The highest BCUT2D eigenvalue weighted by molar-refractivity contribution is 5.02. The minimum Gasteiger partial charge on any atom is -0.392 e. The summed E-state index contributed by atoms with van der Waals surface area (Å²) in [5.74, 6) is 0. The first-order valence-electron chi connectivity index (χ1n) is 5.61. The number of aliphatic hydroxyl groups is 1. The van der Waals surface area contributed by atoms with Crippen molar-refractivity contribution in [2.24, 2.45) is 5.41 Å². The van der Waals surface area contributed by atoms with E-state index >= 15 is 0 Å². The molecule has 1 unspecified atom stereocenters. The quantitative estimate of drug-likeness (QED) is 0.683. The van der Waals surface area contributed by atoms with Crippen molar-refractivity contribution in [3.05, 3.63) is 24.3 Å². The summed E-state index contributed by atoms with van der Waals surface area (Å²) in [6.07, 6.45) is 6.59. The highest BCUT2D eigenvalue weighted by Crippen LogP contribution is 2.32. The van der Waals surface area contributed by atoms with Gasteiger partial charge in [-0.3, -0.25) is 0 Å². The lowest BCUT2D eigenvalue weighted by molar-refractivity contribution is -0.159. The van der Waals surface area contributed by atoms with E-state index in [0.717, 1.165) is 19.3 Å². The van der Waals surface area contributed by atoms with Crippen LogP contribution in [0.5, 0.6) is 0 Å². The number of allylic oxidation sites excluding steroid dienone is 2. The average molecular weight is 210 g/mol. The Morgan fingerprint density at radius 3 is 2.73 bits per heavy atom. The predicted molar refractivity (Wildman–Crippen MR) is 62.7 cm³/mol. The van der Waals surface area contributed by atoms with Gasteiger partial charge in [-0.25, -0.2) is 0 Å². The van der Waals surface area contributed by atoms with E-state index in [0.29, 0.717) is 13.2 Å². The van der Waals surface area contributed by atoms with E-state index in [9.17, 15) is 5.11 Å². The average Bonchev–Trinajstić information content (AvgIpc) is 2.19. The number of ether oxygens (including phenoxy) is 1. The first-order valence-corrected chi connectivity index (χ1v) is 5.61. The molecule has 2 nitrogen and oxygen atoms in total. The van der Waals surface area contributed by atoms with Crippen LogP contribution in [0.2, 0.25) is 0 Å². The van der Waals surface area contributed by atoms with Crippen LogP contribution in [0.15, 0.2) is 24.3 Å². The van der Waals surface area contributed by atoms with E-state index in [4.69, 9.17) is 4.74 Å². The molecule has 1 aliphatic rings. The highest BCUT2D eigenvalue weighted by atomic mass is 16.5. The third-order valence-electron chi connectivity index (χ3n) is 3.10. The SMILES string of the molecule is C=CCCC(C)=CCC(O)C1(C)COC1. The van der Waals surface area contributed by atoms with Gasteiger partial charge in [-0.2, -0.15) is 0 Å². The van der Waals surface area contributed by atoms with Gasteiger partial charge in [0.15, 0.2) is 0 Å². The van der Waals surface area contributed by atoms with Gasteiger partial charge in [0.25, 0.3) is 0 Å². The molecule has 2 heteroatoms. The number of rotatable bonds is 6. The summed E-state index contributed by atoms with van der Waals surface area (Å²) in [6, 6.07) is 0. The lowest BCUT2D eigenvalue weighted by Gasteiger charge is -2.41. The third-order valence-corrected chi connectivity index (χ3v) is 3.10. The van der Waals surface area contributed by atoms with Crippen molar-refractivity contribution < 1.29 is 9.84 Å². The first-order chi connectivity index (χ1) is 7.08. The van der Waals surface area contributed by atoms with Gasteiger partial charge in [0.05, 0.1) is 19.3 Å². The minimum absolute atomic E-state index is 0.0186. The summed E-state index contributed by atoms with van der Waals surface area (Å²) < 4.78 is 5.14. The maximum Gasteiger partial charge on any atom is 0.0672 e. The third kappa shape index (κ3) is 3.47. The summed E-state index contributed by atoms with van der Waals surface area (Å²) in [5.41, 5.74) is 1.31. The van der Waals surface area contributed by atoms with E-state index in [1.54, 1.807) is 0 Å². The van der Waals surface area contributed by atoms with Crippen LogP contribution in [0.25, 0.3) is 0 Å². The summed E-state index contributed by atoms with van der Waals surface area (Å²) in [4.78, 5) is 0. The zero-order valence-corrected chi connectivity index (χ0v) is 9.83. The van der Waals surface area contributed by atoms with Crippen LogP contribution in [-0.4, -0.2) is 24.4 Å². The number of hydrogen-bond acceptors (Lipinski definition) is 2. The van der Waals surface area contributed by atoms with Crippen molar-refractivity contribution in [3.8, 4) is 0 Å². The van der Waals surface area contributed by atoms with Crippen molar-refractivity contribution >= 4 is 0 Å². The van der Waals surface area contributed by atoms with Crippen LogP contribution in [0.1, 0.15) is 33.1 Å². The fraction of sp³-hybridized carbons (Fsp3) is 0.692. The fourth-order valence-corrected chi connectivity index (χ4v) is 1.65. The van der Waals surface area contributed by atoms with Crippen molar-refractivity contribution in [1.29, 1.82) is 0 Å². The fourth-order valence-electron chi connectivity index (χ4n) is 1.65. The molecule has 0 aromatic rings. The molecule has 1 atom stereocenters. The lowest BCUT2D eigenvalue weighted by Crippen LogP contribution is -2.48. The smallest absolute Gasteiger partial charge is 0.0672 e. The standard InChI is InChI=1S/C13H22O2/c1-4-5-6-11(2)7-8-12(14)13(3)9-15-10-13/h4,7,12,14H,1,5-6,8-10H2,2-3H3. The Bertz CT molecular complexity index is 239. The van der Waals surface area contributed by atoms with Gasteiger partial charge in [0.1, 0.15) is 0 Å². The monoisotopic (exact) mass is 210 g/mol. The first kappa shape index (κ1) is 12.5. The van der Waals surface area contributed by atoms with Crippen LogP contribution < -0.4 is 0 Å². The zero-order chi connectivity index (χ0) is 11.3. The largest absolute Gasteiger partial charge is 0.392 e. The topological polar surface area (TPSA) is 29.5 Å². The molecule has 1 fully saturated rings. The lowest BCUT2D eigenvalue weighted by atomic mass is 9.80. The molecular formula is C13H22O2. The Morgan fingerprint density at radius 2 is 2.27 bits per heavy atom. The van der Waals surface area contributed by atoms with Gasteiger partial charge in [-0.05, 0) is 26.2 Å². The van der Waals surface area contributed by atoms with Crippen molar-refractivity contribution in [2.45, 2.75) is 39.2 Å². The molecule has 0 aromatic carbocycles. The molecule has 15 heavy (non-hydrogen) atoms. The molecule has 0 aliphatic carbocycles. The molecule has 0 radical (unpaired) electrons.